The summed E-state index contributed by atoms with van der Waals surface area (Å²) in [5, 5.41) is 4.58. The smallest absolute Gasteiger partial charge is 0.0907 e. The zero-order valence-electron chi connectivity index (χ0n) is 11.4. The van der Waals surface area contributed by atoms with Gasteiger partial charge in [0.05, 0.1) is 26.6 Å². The van der Waals surface area contributed by atoms with E-state index in [1.54, 1.807) is 11.3 Å². The highest BCUT2D eigenvalue weighted by molar-refractivity contribution is 7.18. The Hall–Kier alpha value is -1.29. The molecule has 1 fully saturated rings. The molecule has 0 aliphatic heterocycles. The minimum atomic E-state index is 0.836. The molecule has 0 amide bonds. The van der Waals surface area contributed by atoms with Crippen LogP contribution >= 0.6 is 11.3 Å². The molecule has 1 aliphatic rings. The van der Waals surface area contributed by atoms with Crippen molar-refractivity contribution in [1.29, 1.82) is 0 Å². The number of rotatable bonds is 4. The first-order valence-electron chi connectivity index (χ1n) is 7.13. The predicted molar refractivity (Wildman–Crippen MR) is 83.8 cm³/mol. The van der Waals surface area contributed by atoms with Crippen LogP contribution in [0.1, 0.15) is 37.1 Å². The van der Waals surface area contributed by atoms with Gasteiger partial charge in [-0.25, -0.2) is 4.98 Å². The highest BCUT2D eigenvalue weighted by Crippen LogP contribution is 2.31. The third kappa shape index (κ3) is 2.84. The quantitative estimate of drug-likeness (QED) is 0.823. The molecule has 0 spiro atoms. The summed E-state index contributed by atoms with van der Waals surface area (Å²) in [7, 11) is 0. The maximum atomic E-state index is 6.11. The minimum absolute atomic E-state index is 0.836. The van der Waals surface area contributed by atoms with Gasteiger partial charge >= 0.3 is 0 Å². The number of thiazole rings is 1. The second-order valence-corrected chi connectivity index (χ2v) is 6.74. The van der Waals surface area contributed by atoms with Crippen LogP contribution in [-0.4, -0.2) is 11.5 Å². The van der Waals surface area contributed by atoms with Crippen LogP contribution in [0.15, 0.2) is 12.1 Å². The highest BCUT2D eigenvalue weighted by Gasteiger charge is 2.14. The molecule has 2 aromatic rings. The molecule has 1 aromatic carbocycles. The lowest BCUT2D eigenvalue weighted by atomic mass is 10.0. The third-order valence-corrected chi connectivity index (χ3v) is 4.94. The largest absolute Gasteiger partial charge is 0.397 e. The topological polar surface area (TPSA) is 50.9 Å². The molecule has 1 saturated carbocycles. The Bertz CT molecular complexity index is 570. The molecule has 3 nitrogen and oxygen atoms in total. The maximum absolute atomic E-state index is 6.11. The number of nitrogens with zero attached hydrogens (tertiary/aromatic N) is 1. The number of benzene rings is 1. The number of nitrogens with one attached hydrogen (secondary N) is 1. The summed E-state index contributed by atoms with van der Waals surface area (Å²) < 4.78 is 1.18. The van der Waals surface area contributed by atoms with Gasteiger partial charge < -0.3 is 11.1 Å². The summed E-state index contributed by atoms with van der Waals surface area (Å²) in [5.41, 5.74) is 9.04. The van der Waals surface area contributed by atoms with E-state index in [0.717, 1.165) is 34.4 Å². The Kier molecular flexibility index (Phi) is 3.60. The zero-order chi connectivity index (χ0) is 13.2. The van der Waals surface area contributed by atoms with Gasteiger partial charge in [0.1, 0.15) is 0 Å². The van der Waals surface area contributed by atoms with Crippen molar-refractivity contribution in [2.24, 2.45) is 5.92 Å². The molecule has 0 atom stereocenters. The van der Waals surface area contributed by atoms with E-state index in [1.807, 2.05) is 13.0 Å². The molecule has 0 saturated heterocycles. The van der Waals surface area contributed by atoms with Crippen molar-refractivity contribution in [3.05, 3.63) is 17.1 Å². The SMILES string of the molecule is Cc1nc2cc(NCCC3CCCC3)c(N)cc2s1. The molecule has 1 aliphatic carbocycles. The van der Waals surface area contributed by atoms with Gasteiger partial charge in [-0.2, -0.15) is 0 Å². The van der Waals surface area contributed by atoms with Gasteiger partial charge in [-0.05, 0) is 31.4 Å². The first-order valence-corrected chi connectivity index (χ1v) is 7.94. The summed E-state index contributed by atoms with van der Waals surface area (Å²) >= 11 is 1.70. The van der Waals surface area contributed by atoms with Gasteiger partial charge in [-0.15, -0.1) is 11.3 Å². The van der Waals surface area contributed by atoms with Gasteiger partial charge in [0, 0.05) is 6.54 Å². The first-order chi connectivity index (χ1) is 9.22. The molecule has 1 aromatic heterocycles. The fourth-order valence-electron chi connectivity index (χ4n) is 2.97. The molecule has 0 radical (unpaired) electrons. The Morgan fingerprint density at radius 3 is 2.95 bits per heavy atom. The van der Waals surface area contributed by atoms with Gasteiger partial charge in [0.15, 0.2) is 0 Å². The molecule has 3 rings (SSSR count). The van der Waals surface area contributed by atoms with Crippen LogP contribution in [-0.2, 0) is 0 Å². The van der Waals surface area contributed by atoms with Gasteiger partial charge in [0.2, 0.25) is 0 Å². The standard InChI is InChI=1S/C15H21N3S/c1-10-18-14-9-13(12(16)8-15(14)19-10)17-7-6-11-4-2-3-5-11/h8-9,11,17H,2-7,16H2,1H3. The van der Waals surface area contributed by atoms with Crippen molar-refractivity contribution in [3.63, 3.8) is 0 Å². The maximum Gasteiger partial charge on any atom is 0.0907 e. The Morgan fingerprint density at radius 2 is 2.16 bits per heavy atom. The number of nitrogens with two attached hydrogens (primary N) is 1. The lowest BCUT2D eigenvalue weighted by Gasteiger charge is -2.12. The van der Waals surface area contributed by atoms with Crippen LogP contribution in [0, 0.1) is 12.8 Å². The molecule has 0 unspecified atom stereocenters. The average molecular weight is 275 g/mol. The van der Waals surface area contributed by atoms with Crippen LogP contribution in [0.2, 0.25) is 0 Å². The molecule has 19 heavy (non-hydrogen) atoms. The van der Waals surface area contributed by atoms with Crippen LogP contribution in [0.5, 0.6) is 0 Å². The zero-order valence-corrected chi connectivity index (χ0v) is 12.2. The number of hydrogen-bond donors (Lipinski definition) is 2. The monoisotopic (exact) mass is 275 g/mol. The third-order valence-electron chi connectivity index (χ3n) is 4.01. The van der Waals surface area contributed by atoms with E-state index >= 15 is 0 Å². The van der Waals surface area contributed by atoms with E-state index in [0.29, 0.717) is 0 Å². The van der Waals surface area contributed by atoms with Gasteiger partial charge in [-0.1, -0.05) is 25.7 Å². The van der Waals surface area contributed by atoms with E-state index < -0.39 is 0 Å². The summed E-state index contributed by atoms with van der Waals surface area (Å²) in [6.07, 6.45) is 6.89. The number of nitrogen functional groups attached to an aromatic ring is 1. The van der Waals surface area contributed by atoms with Gasteiger partial charge in [0.25, 0.3) is 0 Å². The summed E-state index contributed by atoms with van der Waals surface area (Å²) in [6, 6.07) is 4.13. The molecule has 0 bridgehead atoms. The van der Waals surface area contributed by atoms with Crippen molar-refractivity contribution in [2.75, 3.05) is 17.6 Å². The highest BCUT2D eigenvalue weighted by atomic mass is 32.1. The Labute approximate surface area is 118 Å². The summed E-state index contributed by atoms with van der Waals surface area (Å²) in [4.78, 5) is 4.52. The normalized spacial score (nSPS) is 16.3. The first kappa shape index (κ1) is 12.7. The lowest BCUT2D eigenvalue weighted by Crippen LogP contribution is -2.08. The number of aromatic nitrogens is 1. The molecular formula is C15H21N3S. The number of fused-ring (bicyclic) bond motifs is 1. The number of hydrogen-bond acceptors (Lipinski definition) is 4. The second-order valence-electron chi connectivity index (χ2n) is 5.51. The van der Waals surface area contributed by atoms with E-state index in [2.05, 4.69) is 16.4 Å². The van der Waals surface area contributed by atoms with Gasteiger partial charge in [-0.3, -0.25) is 0 Å². The van der Waals surface area contributed by atoms with E-state index in [-0.39, 0.29) is 0 Å². The van der Waals surface area contributed by atoms with Crippen molar-refractivity contribution in [2.45, 2.75) is 39.0 Å². The Morgan fingerprint density at radius 1 is 1.37 bits per heavy atom. The summed E-state index contributed by atoms with van der Waals surface area (Å²) in [6.45, 7) is 3.05. The predicted octanol–water partition coefficient (Wildman–Crippen LogP) is 4.18. The van der Waals surface area contributed by atoms with Crippen LogP contribution in [0.3, 0.4) is 0 Å². The molecule has 3 N–H and O–H groups in total. The minimum Gasteiger partial charge on any atom is -0.397 e. The Balaban J connectivity index is 1.67. The molecule has 1 heterocycles. The van der Waals surface area contributed by atoms with Crippen molar-refractivity contribution < 1.29 is 0 Å². The second kappa shape index (κ2) is 5.37. The molecule has 102 valence electrons. The molecule has 4 heteroatoms. The van der Waals surface area contributed by atoms with Crippen molar-refractivity contribution in [3.8, 4) is 0 Å². The van der Waals surface area contributed by atoms with Crippen molar-refractivity contribution >= 4 is 32.9 Å². The van der Waals surface area contributed by atoms with Crippen LogP contribution in [0.25, 0.3) is 10.2 Å². The average Bonchev–Trinajstić information content (AvgIpc) is 2.98. The summed E-state index contributed by atoms with van der Waals surface area (Å²) in [5.74, 6) is 0.916. The fourth-order valence-corrected chi connectivity index (χ4v) is 3.83. The van der Waals surface area contributed by atoms with E-state index in [1.165, 1.54) is 36.8 Å². The number of aryl methyl sites for hydroxylation is 1. The fraction of sp³-hybridized carbons (Fsp3) is 0.533. The van der Waals surface area contributed by atoms with Crippen LogP contribution in [0.4, 0.5) is 11.4 Å². The lowest BCUT2D eigenvalue weighted by molar-refractivity contribution is 0.519. The van der Waals surface area contributed by atoms with Crippen molar-refractivity contribution in [1.82, 2.24) is 4.98 Å². The van der Waals surface area contributed by atoms with Crippen LogP contribution < -0.4 is 11.1 Å². The van der Waals surface area contributed by atoms with E-state index in [9.17, 15) is 0 Å². The molecular weight excluding hydrogens is 254 g/mol. The number of anilines is 2. The van der Waals surface area contributed by atoms with E-state index in [4.69, 9.17) is 5.73 Å².